The van der Waals surface area contributed by atoms with Crippen LogP contribution >= 0.6 is 0 Å². The third-order valence-corrected chi connectivity index (χ3v) is 1.64. The average Bonchev–Trinajstić information content (AvgIpc) is 2.01. The summed E-state index contributed by atoms with van der Waals surface area (Å²) in [4.78, 5) is 4.54. The summed E-state index contributed by atoms with van der Waals surface area (Å²) in [6.45, 7) is 7.64. The SMILES string of the molecule is CCCN=C(CCC)CCC. The molecule has 0 N–H and O–H groups in total. The van der Waals surface area contributed by atoms with Gasteiger partial charge in [-0.1, -0.05) is 33.6 Å². The molecular formula is C10H21N. The standard InChI is InChI=1S/C10H21N/c1-4-7-10(8-5-2)11-9-6-3/h4-9H2,1-3H3. The van der Waals surface area contributed by atoms with Crippen LogP contribution in [-0.2, 0) is 0 Å². The minimum atomic E-state index is 1.02. The quantitative estimate of drug-likeness (QED) is 0.521. The molecule has 0 fully saturated rings. The van der Waals surface area contributed by atoms with Gasteiger partial charge in [-0.05, 0) is 19.3 Å². The van der Waals surface area contributed by atoms with E-state index >= 15 is 0 Å². The van der Waals surface area contributed by atoms with Gasteiger partial charge in [0, 0.05) is 12.3 Å². The Balaban J connectivity index is 3.66. The molecule has 0 bridgehead atoms. The van der Waals surface area contributed by atoms with E-state index in [4.69, 9.17) is 0 Å². The lowest BCUT2D eigenvalue weighted by molar-refractivity contribution is 0.869. The fraction of sp³-hybridized carbons (Fsp3) is 0.900. The lowest BCUT2D eigenvalue weighted by Crippen LogP contribution is -1.98. The van der Waals surface area contributed by atoms with Crippen LogP contribution in [0.1, 0.15) is 52.9 Å². The molecule has 0 unspecified atom stereocenters. The molecule has 0 amide bonds. The second-order valence-electron chi connectivity index (χ2n) is 2.95. The van der Waals surface area contributed by atoms with Gasteiger partial charge in [0.1, 0.15) is 0 Å². The lowest BCUT2D eigenvalue weighted by Gasteiger charge is -2.01. The van der Waals surface area contributed by atoms with Crippen LogP contribution < -0.4 is 0 Å². The van der Waals surface area contributed by atoms with E-state index in [1.165, 1.54) is 37.8 Å². The van der Waals surface area contributed by atoms with Crippen molar-refractivity contribution in [2.24, 2.45) is 4.99 Å². The number of hydrogen-bond acceptors (Lipinski definition) is 1. The van der Waals surface area contributed by atoms with Crippen molar-refractivity contribution in [1.29, 1.82) is 0 Å². The minimum Gasteiger partial charge on any atom is -0.294 e. The fourth-order valence-corrected chi connectivity index (χ4v) is 1.13. The Bertz CT molecular complexity index is 97.4. The van der Waals surface area contributed by atoms with Crippen LogP contribution in [0.25, 0.3) is 0 Å². The molecule has 0 aromatic rings. The van der Waals surface area contributed by atoms with Gasteiger partial charge in [0.15, 0.2) is 0 Å². The van der Waals surface area contributed by atoms with Crippen LogP contribution in [0.3, 0.4) is 0 Å². The second kappa shape index (κ2) is 7.77. The van der Waals surface area contributed by atoms with Crippen molar-refractivity contribution in [3.05, 3.63) is 0 Å². The number of hydrogen-bond donors (Lipinski definition) is 0. The largest absolute Gasteiger partial charge is 0.294 e. The van der Waals surface area contributed by atoms with E-state index in [9.17, 15) is 0 Å². The van der Waals surface area contributed by atoms with Crippen molar-refractivity contribution in [3.8, 4) is 0 Å². The molecule has 0 aromatic heterocycles. The van der Waals surface area contributed by atoms with Crippen molar-refractivity contribution in [3.63, 3.8) is 0 Å². The summed E-state index contributed by atoms with van der Waals surface area (Å²) in [6, 6.07) is 0. The first-order valence-corrected chi connectivity index (χ1v) is 4.87. The molecule has 0 heterocycles. The van der Waals surface area contributed by atoms with E-state index in [2.05, 4.69) is 25.8 Å². The summed E-state index contributed by atoms with van der Waals surface area (Å²) < 4.78 is 0. The zero-order valence-electron chi connectivity index (χ0n) is 8.19. The summed E-state index contributed by atoms with van der Waals surface area (Å²) in [5.41, 5.74) is 1.43. The van der Waals surface area contributed by atoms with Gasteiger partial charge >= 0.3 is 0 Å². The van der Waals surface area contributed by atoms with Gasteiger partial charge < -0.3 is 0 Å². The summed E-state index contributed by atoms with van der Waals surface area (Å²) in [5, 5.41) is 0. The Morgan fingerprint density at radius 1 is 0.909 bits per heavy atom. The van der Waals surface area contributed by atoms with Crippen molar-refractivity contribution >= 4 is 5.71 Å². The first-order valence-electron chi connectivity index (χ1n) is 4.87. The molecule has 1 heteroatoms. The van der Waals surface area contributed by atoms with Crippen LogP contribution in [0.4, 0.5) is 0 Å². The fourth-order valence-electron chi connectivity index (χ4n) is 1.13. The highest BCUT2D eigenvalue weighted by Gasteiger charge is 1.94. The molecule has 0 spiro atoms. The van der Waals surface area contributed by atoms with Crippen molar-refractivity contribution in [1.82, 2.24) is 0 Å². The molecule has 0 atom stereocenters. The highest BCUT2D eigenvalue weighted by atomic mass is 14.7. The molecule has 11 heavy (non-hydrogen) atoms. The second-order valence-corrected chi connectivity index (χ2v) is 2.95. The van der Waals surface area contributed by atoms with Crippen LogP contribution in [0.2, 0.25) is 0 Å². The van der Waals surface area contributed by atoms with Gasteiger partial charge in [-0.2, -0.15) is 0 Å². The Morgan fingerprint density at radius 3 is 1.82 bits per heavy atom. The Labute approximate surface area is 70.9 Å². The molecule has 0 aliphatic carbocycles. The van der Waals surface area contributed by atoms with Crippen LogP contribution in [0.5, 0.6) is 0 Å². The average molecular weight is 155 g/mol. The van der Waals surface area contributed by atoms with E-state index in [-0.39, 0.29) is 0 Å². The first kappa shape index (κ1) is 10.7. The Hall–Kier alpha value is -0.330. The smallest absolute Gasteiger partial charge is 0.0386 e. The highest BCUT2D eigenvalue weighted by molar-refractivity contribution is 5.84. The first-order chi connectivity index (χ1) is 5.35. The van der Waals surface area contributed by atoms with E-state index in [1.807, 2.05) is 0 Å². The number of rotatable bonds is 6. The molecule has 66 valence electrons. The number of nitrogens with zero attached hydrogens (tertiary/aromatic N) is 1. The Kier molecular flexibility index (Phi) is 7.54. The van der Waals surface area contributed by atoms with Crippen molar-refractivity contribution in [2.75, 3.05) is 6.54 Å². The summed E-state index contributed by atoms with van der Waals surface area (Å²) in [5.74, 6) is 0. The van der Waals surface area contributed by atoms with Gasteiger partial charge in [0.25, 0.3) is 0 Å². The third kappa shape index (κ3) is 6.08. The maximum Gasteiger partial charge on any atom is 0.0386 e. The van der Waals surface area contributed by atoms with Gasteiger partial charge in [0.2, 0.25) is 0 Å². The molecule has 1 nitrogen and oxygen atoms in total. The predicted octanol–water partition coefficient (Wildman–Crippen LogP) is 3.44. The molecule has 0 aliphatic rings. The van der Waals surface area contributed by atoms with E-state index in [0.29, 0.717) is 0 Å². The molecule has 0 rings (SSSR count). The molecular weight excluding hydrogens is 134 g/mol. The highest BCUT2D eigenvalue weighted by Crippen LogP contribution is 2.00. The lowest BCUT2D eigenvalue weighted by atomic mass is 10.1. The summed E-state index contributed by atoms with van der Waals surface area (Å²) >= 11 is 0. The summed E-state index contributed by atoms with van der Waals surface area (Å²) in [6.07, 6.45) is 6.06. The van der Waals surface area contributed by atoms with E-state index < -0.39 is 0 Å². The molecule has 0 saturated carbocycles. The Morgan fingerprint density at radius 2 is 1.45 bits per heavy atom. The van der Waals surface area contributed by atoms with Crippen LogP contribution in [-0.4, -0.2) is 12.3 Å². The van der Waals surface area contributed by atoms with Gasteiger partial charge in [0.05, 0.1) is 0 Å². The van der Waals surface area contributed by atoms with Gasteiger partial charge in [-0.25, -0.2) is 0 Å². The van der Waals surface area contributed by atoms with Gasteiger partial charge in [-0.15, -0.1) is 0 Å². The third-order valence-electron chi connectivity index (χ3n) is 1.64. The maximum atomic E-state index is 4.54. The van der Waals surface area contributed by atoms with E-state index in [0.717, 1.165) is 6.54 Å². The zero-order valence-corrected chi connectivity index (χ0v) is 8.19. The summed E-state index contributed by atoms with van der Waals surface area (Å²) in [7, 11) is 0. The monoisotopic (exact) mass is 155 g/mol. The molecule has 0 aromatic carbocycles. The van der Waals surface area contributed by atoms with Crippen molar-refractivity contribution < 1.29 is 0 Å². The minimum absolute atomic E-state index is 1.02. The van der Waals surface area contributed by atoms with Gasteiger partial charge in [-0.3, -0.25) is 4.99 Å². The maximum absolute atomic E-state index is 4.54. The normalized spacial score (nSPS) is 9.73. The van der Waals surface area contributed by atoms with Crippen molar-refractivity contribution in [2.45, 2.75) is 52.9 Å². The molecule has 0 saturated heterocycles. The van der Waals surface area contributed by atoms with Crippen LogP contribution in [0.15, 0.2) is 4.99 Å². The zero-order chi connectivity index (χ0) is 8.53. The van der Waals surface area contributed by atoms with E-state index in [1.54, 1.807) is 0 Å². The predicted molar refractivity (Wildman–Crippen MR) is 52.4 cm³/mol. The number of aliphatic imine (C=N–C) groups is 1. The van der Waals surface area contributed by atoms with Crippen LogP contribution in [0, 0.1) is 0 Å². The topological polar surface area (TPSA) is 12.4 Å². The molecule has 0 aliphatic heterocycles. The molecule has 0 radical (unpaired) electrons.